The molecule has 0 atom stereocenters. The largest absolute Gasteiger partial charge is 0.455 e. The number of amides is 1. The molecule has 1 fully saturated rings. The van der Waals surface area contributed by atoms with Gasteiger partial charge in [0.25, 0.3) is 5.91 Å². The topological polar surface area (TPSA) is 55.4 Å². The molecule has 3 rings (SSSR count). The summed E-state index contributed by atoms with van der Waals surface area (Å²) in [6.07, 6.45) is 2.57. The third-order valence-electron chi connectivity index (χ3n) is 4.69. The number of hydrogen-bond acceptors (Lipinski definition) is 4. The number of esters is 1. The maximum Gasteiger partial charge on any atom is 0.317 e. The van der Waals surface area contributed by atoms with E-state index in [2.05, 4.69) is 5.32 Å². The summed E-state index contributed by atoms with van der Waals surface area (Å²) in [6.45, 7) is 0.323. The second kappa shape index (κ2) is 8.90. The van der Waals surface area contributed by atoms with Crippen LogP contribution in [0.4, 0.5) is 0 Å². The van der Waals surface area contributed by atoms with Crippen molar-refractivity contribution < 1.29 is 14.3 Å². The number of nitrogens with one attached hydrogen (secondary N) is 1. The number of benzene rings is 2. The fourth-order valence-corrected chi connectivity index (χ4v) is 3.88. The van der Waals surface area contributed by atoms with Gasteiger partial charge in [-0.25, -0.2) is 0 Å². The number of ether oxygens (including phenoxy) is 1. The van der Waals surface area contributed by atoms with Crippen LogP contribution in [-0.4, -0.2) is 30.8 Å². The third-order valence-corrected chi connectivity index (χ3v) is 5.71. The normalized spacial score (nSPS) is 14.9. The number of rotatable bonds is 8. The van der Waals surface area contributed by atoms with Crippen molar-refractivity contribution in [3.05, 3.63) is 66.2 Å². The Morgan fingerprint density at radius 3 is 2.27 bits per heavy atom. The molecule has 0 spiro atoms. The zero-order valence-corrected chi connectivity index (χ0v) is 15.5. The smallest absolute Gasteiger partial charge is 0.317 e. The predicted molar refractivity (Wildman–Crippen MR) is 103 cm³/mol. The van der Waals surface area contributed by atoms with Crippen molar-refractivity contribution in [3.63, 3.8) is 0 Å². The minimum absolute atomic E-state index is 0.219. The molecule has 2 aromatic rings. The summed E-state index contributed by atoms with van der Waals surface area (Å²) in [5.74, 6) is 0.232. The summed E-state index contributed by atoms with van der Waals surface area (Å²) >= 11 is 1.68. The molecule has 0 aromatic heterocycles. The molecule has 136 valence electrons. The summed E-state index contributed by atoms with van der Waals surface area (Å²) in [7, 11) is 0. The maximum absolute atomic E-state index is 12.6. The van der Waals surface area contributed by atoms with Crippen LogP contribution < -0.4 is 5.32 Å². The minimum Gasteiger partial charge on any atom is -0.455 e. The Labute approximate surface area is 158 Å². The van der Waals surface area contributed by atoms with Crippen molar-refractivity contribution in [2.24, 2.45) is 0 Å². The molecule has 0 heterocycles. The molecule has 1 saturated carbocycles. The van der Waals surface area contributed by atoms with Gasteiger partial charge in [-0.05, 0) is 30.5 Å². The first kappa shape index (κ1) is 18.5. The molecule has 0 aliphatic heterocycles. The molecule has 1 N–H and O–H groups in total. The van der Waals surface area contributed by atoms with E-state index in [9.17, 15) is 9.59 Å². The van der Waals surface area contributed by atoms with Gasteiger partial charge in [0.05, 0.1) is 5.41 Å². The lowest BCUT2D eigenvalue weighted by atomic mass is 9.64. The zero-order valence-electron chi connectivity index (χ0n) is 14.6. The molecule has 1 aliphatic carbocycles. The van der Waals surface area contributed by atoms with Gasteiger partial charge in [0.15, 0.2) is 6.61 Å². The quantitative estimate of drug-likeness (QED) is 0.439. The molecule has 0 saturated heterocycles. The number of carbonyl (C=O) groups excluding carboxylic acids is 2. The maximum atomic E-state index is 12.6. The summed E-state index contributed by atoms with van der Waals surface area (Å²) in [4.78, 5) is 25.7. The molecule has 4 nitrogen and oxygen atoms in total. The van der Waals surface area contributed by atoms with Crippen LogP contribution in [0.2, 0.25) is 0 Å². The highest BCUT2D eigenvalue weighted by Gasteiger charge is 2.47. The van der Waals surface area contributed by atoms with Crippen molar-refractivity contribution in [2.45, 2.75) is 29.6 Å². The average Bonchev–Trinajstić information content (AvgIpc) is 2.64. The van der Waals surface area contributed by atoms with Crippen LogP contribution in [-0.2, 0) is 19.7 Å². The lowest BCUT2D eigenvalue weighted by Crippen LogP contribution is -2.45. The van der Waals surface area contributed by atoms with Gasteiger partial charge < -0.3 is 10.1 Å². The number of carbonyl (C=O) groups is 2. The van der Waals surface area contributed by atoms with Crippen molar-refractivity contribution in [2.75, 3.05) is 18.9 Å². The van der Waals surface area contributed by atoms with Crippen LogP contribution in [0.3, 0.4) is 0 Å². The second-order valence-corrected chi connectivity index (χ2v) is 7.56. The summed E-state index contributed by atoms with van der Waals surface area (Å²) < 4.78 is 5.32. The summed E-state index contributed by atoms with van der Waals surface area (Å²) in [5.41, 5.74) is 0.418. The lowest BCUT2D eigenvalue weighted by molar-refractivity contribution is -0.157. The highest BCUT2D eigenvalue weighted by molar-refractivity contribution is 7.99. The highest BCUT2D eigenvalue weighted by atomic mass is 32.2. The van der Waals surface area contributed by atoms with Crippen molar-refractivity contribution in [1.29, 1.82) is 0 Å². The monoisotopic (exact) mass is 369 g/mol. The van der Waals surface area contributed by atoms with E-state index in [0.717, 1.165) is 30.6 Å². The molecule has 0 unspecified atom stereocenters. The van der Waals surface area contributed by atoms with Crippen molar-refractivity contribution in [1.82, 2.24) is 5.32 Å². The Morgan fingerprint density at radius 1 is 1.00 bits per heavy atom. The first-order valence-corrected chi connectivity index (χ1v) is 9.87. The van der Waals surface area contributed by atoms with Gasteiger partial charge >= 0.3 is 5.97 Å². The van der Waals surface area contributed by atoms with Gasteiger partial charge in [-0.3, -0.25) is 9.59 Å². The van der Waals surface area contributed by atoms with Crippen LogP contribution in [0.25, 0.3) is 0 Å². The van der Waals surface area contributed by atoms with Gasteiger partial charge in [-0.1, -0.05) is 55.0 Å². The first-order chi connectivity index (χ1) is 12.7. The van der Waals surface area contributed by atoms with Gasteiger partial charge in [-0.2, -0.15) is 0 Å². The Bertz CT molecular complexity index is 729. The summed E-state index contributed by atoms with van der Waals surface area (Å²) in [6, 6.07) is 19.7. The SMILES string of the molecule is O=C(COC(=O)C1(c2ccccc2)CCC1)NCCSc1ccccc1. The lowest BCUT2D eigenvalue weighted by Gasteiger charge is -2.39. The molecule has 2 aromatic carbocycles. The van der Waals surface area contributed by atoms with Crippen molar-refractivity contribution in [3.8, 4) is 0 Å². The molecule has 0 bridgehead atoms. The Morgan fingerprint density at radius 2 is 1.65 bits per heavy atom. The zero-order chi connectivity index (χ0) is 18.2. The van der Waals surface area contributed by atoms with Gasteiger partial charge in [0.2, 0.25) is 0 Å². The molecule has 26 heavy (non-hydrogen) atoms. The molecule has 1 amide bonds. The Hall–Kier alpha value is -2.27. The first-order valence-electron chi connectivity index (χ1n) is 8.88. The van der Waals surface area contributed by atoms with Gasteiger partial charge in [-0.15, -0.1) is 11.8 Å². The molecule has 5 heteroatoms. The van der Waals surface area contributed by atoms with Crippen molar-refractivity contribution >= 4 is 23.6 Å². The highest BCUT2D eigenvalue weighted by Crippen LogP contribution is 2.44. The molecule has 1 aliphatic rings. The standard InChI is InChI=1S/C21H23NO3S/c23-19(22-14-15-26-18-10-5-2-6-11-18)16-25-20(24)21(12-7-13-21)17-8-3-1-4-9-17/h1-6,8-11H,7,12-16H2,(H,22,23). The number of thioether (sulfide) groups is 1. The van der Waals surface area contributed by atoms with Gasteiger partial charge in [0.1, 0.15) is 0 Å². The Kier molecular flexibility index (Phi) is 6.34. The van der Waals surface area contributed by atoms with E-state index in [4.69, 9.17) is 4.74 Å². The van der Waals surface area contributed by atoms with E-state index in [1.54, 1.807) is 11.8 Å². The third kappa shape index (κ3) is 4.47. The Balaban J connectivity index is 1.40. The molecule has 0 radical (unpaired) electrons. The van der Waals surface area contributed by atoms with E-state index < -0.39 is 5.41 Å². The fraction of sp³-hybridized carbons (Fsp3) is 0.333. The predicted octanol–water partition coefficient (Wildman–Crippen LogP) is 3.56. The van der Waals surface area contributed by atoms with Gasteiger partial charge in [0, 0.05) is 17.2 Å². The van der Waals surface area contributed by atoms with Crippen LogP contribution in [0.5, 0.6) is 0 Å². The second-order valence-electron chi connectivity index (χ2n) is 6.39. The van der Waals surface area contributed by atoms with Crippen LogP contribution in [0.15, 0.2) is 65.6 Å². The fourth-order valence-electron chi connectivity index (χ4n) is 3.09. The van der Waals surface area contributed by atoms with E-state index in [-0.39, 0.29) is 18.5 Å². The van der Waals surface area contributed by atoms with Crippen LogP contribution in [0, 0.1) is 0 Å². The average molecular weight is 369 g/mol. The number of hydrogen-bond donors (Lipinski definition) is 1. The molecular weight excluding hydrogens is 346 g/mol. The van der Waals surface area contributed by atoms with E-state index in [0.29, 0.717) is 6.54 Å². The van der Waals surface area contributed by atoms with E-state index in [1.165, 1.54) is 4.90 Å². The van der Waals surface area contributed by atoms with Crippen LogP contribution >= 0.6 is 11.8 Å². The van der Waals surface area contributed by atoms with E-state index in [1.807, 2.05) is 60.7 Å². The van der Waals surface area contributed by atoms with Crippen LogP contribution in [0.1, 0.15) is 24.8 Å². The minimum atomic E-state index is -0.565. The van der Waals surface area contributed by atoms with E-state index >= 15 is 0 Å². The summed E-state index contributed by atoms with van der Waals surface area (Å²) in [5, 5.41) is 2.80. The molecular formula is C21H23NO3S.